The highest BCUT2D eigenvalue weighted by molar-refractivity contribution is 9.10. The number of rotatable bonds is 5. The molecule has 6 rings (SSSR count). The van der Waals surface area contributed by atoms with Gasteiger partial charge in [-0.3, -0.25) is 0 Å². The van der Waals surface area contributed by atoms with Crippen LogP contribution in [-0.2, 0) is 5.41 Å². The average Bonchev–Trinajstić information content (AvgIpc) is 3.27. The van der Waals surface area contributed by atoms with Crippen molar-refractivity contribution in [1.29, 1.82) is 0 Å². The lowest BCUT2D eigenvalue weighted by Gasteiger charge is -2.57. The van der Waals surface area contributed by atoms with Gasteiger partial charge in [-0.15, -0.1) is 0 Å². The molecule has 0 saturated heterocycles. The van der Waals surface area contributed by atoms with Crippen molar-refractivity contribution in [3.05, 3.63) is 34.3 Å². The number of benzene rings is 1. The molecule has 0 spiro atoms. The Bertz CT molecular complexity index is 592. The van der Waals surface area contributed by atoms with Gasteiger partial charge in [0.05, 0.1) is 6.61 Å². The smallest absolute Gasteiger partial charge is 0.0531 e. The minimum absolute atomic E-state index is 0.00992. The first kappa shape index (κ1) is 15.8. The van der Waals surface area contributed by atoms with Gasteiger partial charge in [-0.25, -0.2) is 0 Å². The molecule has 3 heteroatoms. The summed E-state index contributed by atoms with van der Waals surface area (Å²) >= 11 is 3.52. The van der Waals surface area contributed by atoms with E-state index in [2.05, 4.69) is 45.5 Å². The molecule has 2 atom stereocenters. The molecule has 5 aliphatic carbocycles. The Balaban J connectivity index is 1.27. The van der Waals surface area contributed by atoms with Crippen LogP contribution >= 0.6 is 15.9 Å². The molecule has 24 heavy (non-hydrogen) atoms. The monoisotopic (exact) mass is 389 g/mol. The number of hydrogen-bond acceptors (Lipinski definition) is 2. The molecule has 2 N–H and O–H groups in total. The molecule has 4 bridgehead atoms. The zero-order chi connectivity index (χ0) is 16.4. The topological polar surface area (TPSA) is 32.3 Å². The summed E-state index contributed by atoms with van der Waals surface area (Å²) in [7, 11) is 0. The summed E-state index contributed by atoms with van der Waals surface area (Å²) in [4.78, 5) is 0. The van der Waals surface area contributed by atoms with E-state index in [1.165, 1.54) is 44.1 Å². The van der Waals surface area contributed by atoms with E-state index in [4.69, 9.17) is 0 Å². The Morgan fingerprint density at radius 1 is 0.958 bits per heavy atom. The van der Waals surface area contributed by atoms with Crippen molar-refractivity contribution < 1.29 is 5.11 Å². The fourth-order valence-corrected chi connectivity index (χ4v) is 7.00. The van der Waals surface area contributed by atoms with Crippen molar-refractivity contribution in [3.8, 4) is 0 Å². The molecule has 5 fully saturated rings. The molecule has 2 nitrogen and oxygen atoms in total. The van der Waals surface area contributed by atoms with Crippen LogP contribution in [0.5, 0.6) is 0 Å². The van der Waals surface area contributed by atoms with Gasteiger partial charge in [0.15, 0.2) is 0 Å². The molecule has 0 unspecified atom stereocenters. The zero-order valence-electron chi connectivity index (χ0n) is 14.3. The highest BCUT2D eigenvalue weighted by atomic mass is 79.9. The summed E-state index contributed by atoms with van der Waals surface area (Å²) in [6.07, 6.45) is 9.88. The van der Waals surface area contributed by atoms with E-state index in [-0.39, 0.29) is 12.0 Å². The first-order valence-electron chi connectivity index (χ1n) is 9.73. The number of hydrogen-bond donors (Lipinski definition) is 2. The molecule has 1 aromatic carbocycles. The molecule has 0 radical (unpaired) electrons. The van der Waals surface area contributed by atoms with Crippen LogP contribution < -0.4 is 5.32 Å². The number of nitrogens with one attached hydrogen (secondary N) is 1. The average molecular weight is 390 g/mol. The summed E-state index contributed by atoms with van der Waals surface area (Å²) < 4.78 is 1.11. The predicted molar refractivity (Wildman–Crippen MR) is 99.9 cm³/mol. The third kappa shape index (κ3) is 2.50. The standard InChI is InChI=1S/C21H28BrNO/c22-19-3-1-17(2-4-19)21(13-24)11-18(21)12-23-20-8-14-5-15(9-20)7-16(6-14)10-20/h1-4,14-16,18,23-24H,5-13H2/t14?,15?,16?,18-,20?,21+/m1/s1. The first-order chi connectivity index (χ1) is 11.6. The molecular formula is C21H28BrNO. The maximum absolute atomic E-state index is 10.1. The summed E-state index contributed by atoms with van der Waals surface area (Å²) in [6, 6.07) is 8.58. The predicted octanol–water partition coefficient (Wildman–Crippen LogP) is 4.26. The highest BCUT2D eigenvalue weighted by Gasteiger charge is 2.56. The molecule has 0 heterocycles. The summed E-state index contributed by atoms with van der Waals surface area (Å²) in [5.41, 5.74) is 1.76. The third-order valence-corrected chi connectivity index (χ3v) is 8.22. The Morgan fingerprint density at radius 3 is 2.08 bits per heavy atom. The van der Waals surface area contributed by atoms with Crippen molar-refractivity contribution >= 4 is 15.9 Å². The quantitative estimate of drug-likeness (QED) is 0.788. The lowest BCUT2D eigenvalue weighted by molar-refractivity contribution is -0.0203. The second-order valence-corrected chi connectivity index (χ2v) is 10.2. The largest absolute Gasteiger partial charge is 0.395 e. The Morgan fingerprint density at radius 2 is 1.54 bits per heavy atom. The van der Waals surface area contributed by atoms with Crippen LogP contribution in [0.1, 0.15) is 50.5 Å². The van der Waals surface area contributed by atoms with E-state index in [1.807, 2.05) is 0 Å². The maximum Gasteiger partial charge on any atom is 0.0531 e. The molecule has 0 amide bonds. The molecule has 1 aromatic rings. The molecular weight excluding hydrogens is 362 g/mol. The lowest BCUT2D eigenvalue weighted by atomic mass is 9.53. The summed E-state index contributed by atoms with van der Waals surface area (Å²) in [5, 5.41) is 14.1. The van der Waals surface area contributed by atoms with E-state index in [1.54, 1.807) is 0 Å². The number of aliphatic hydroxyl groups is 1. The zero-order valence-corrected chi connectivity index (χ0v) is 15.9. The molecule has 130 valence electrons. The van der Waals surface area contributed by atoms with E-state index < -0.39 is 0 Å². The van der Waals surface area contributed by atoms with Gasteiger partial charge in [-0.1, -0.05) is 28.1 Å². The van der Waals surface area contributed by atoms with Crippen molar-refractivity contribution in [2.75, 3.05) is 13.2 Å². The number of halogens is 1. The number of aliphatic hydroxyl groups excluding tert-OH is 1. The second kappa shape index (κ2) is 5.56. The van der Waals surface area contributed by atoms with E-state index >= 15 is 0 Å². The Hall–Kier alpha value is -0.380. The van der Waals surface area contributed by atoms with E-state index in [0.717, 1.165) is 35.2 Å². The van der Waals surface area contributed by atoms with Gasteiger partial charge >= 0.3 is 0 Å². The van der Waals surface area contributed by atoms with Gasteiger partial charge in [0, 0.05) is 15.4 Å². The van der Waals surface area contributed by atoms with E-state index in [0.29, 0.717) is 11.5 Å². The Labute approximate surface area is 153 Å². The van der Waals surface area contributed by atoms with Crippen LogP contribution in [0.2, 0.25) is 0 Å². The van der Waals surface area contributed by atoms with Gasteiger partial charge in [-0.05, 0) is 92.9 Å². The van der Waals surface area contributed by atoms with Crippen molar-refractivity contribution in [3.63, 3.8) is 0 Å². The van der Waals surface area contributed by atoms with Gasteiger partial charge in [0.25, 0.3) is 0 Å². The van der Waals surface area contributed by atoms with E-state index in [9.17, 15) is 5.11 Å². The van der Waals surface area contributed by atoms with Crippen molar-refractivity contribution in [2.45, 2.75) is 55.9 Å². The van der Waals surface area contributed by atoms with Crippen LogP contribution in [-0.4, -0.2) is 23.8 Å². The minimum atomic E-state index is 0.00992. The van der Waals surface area contributed by atoms with Gasteiger partial charge in [-0.2, -0.15) is 0 Å². The normalized spacial score (nSPS) is 45.6. The molecule has 0 aromatic heterocycles. The van der Waals surface area contributed by atoms with Crippen LogP contribution in [0, 0.1) is 23.7 Å². The van der Waals surface area contributed by atoms with Gasteiger partial charge < -0.3 is 10.4 Å². The molecule has 5 saturated carbocycles. The SMILES string of the molecule is OC[C@]1(c2ccc(Br)cc2)C[C@@H]1CNC12CC3CC(CC(C3)C1)C2. The van der Waals surface area contributed by atoms with Crippen LogP contribution in [0.3, 0.4) is 0 Å². The summed E-state index contributed by atoms with van der Waals surface area (Å²) in [5.74, 6) is 3.59. The second-order valence-electron chi connectivity index (χ2n) is 9.30. The van der Waals surface area contributed by atoms with Gasteiger partial charge in [0.2, 0.25) is 0 Å². The Kier molecular flexibility index (Phi) is 3.67. The lowest BCUT2D eigenvalue weighted by Crippen LogP contribution is -2.58. The fraction of sp³-hybridized carbons (Fsp3) is 0.714. The fourth-order valence-electron chi connectivity index (χ4n) is 6.74. The molecule has 5 aliphatic rings. The molecule has 0 aliphatic heterocycles. The summed E-state index contributed by atoms with van der Waals surface area (Å²) in [6.45, 7) is 1.37. The minimum Gasteiger partial charge on any atom is -0.395 e. The van der Waals surface area contributed by atoms with Crippen LogP contribution in [0.15, 0.2) is 28.7 Å². The van der Waals surface area contributed by atoms with Crippen molar-refractivity contribution in [2.24, 2.45) is 23.7 Å². The first-order valence-corrected chi connectivity index (χ1v) is 10.5. The maximum atomic E-state index is 10.1. The van der Waals surface area contributed by atoms with Crippen molar-refractivity contribution in [1.82, 2.24) is 5.32 Å². The van der Waals surface area contributed by atoms with Crippen LogP contribution in [0.4, 0.5) is 0 Å². The third-order valence-electron chi connectivity index (χ3n) is 7.69. The highest BCUT2D eigenvalue weighted by Crippen LogP contribution is 2.57. The van der Waals surface area contributed by atoms with Gasteiger partial charge in [0.1, 0.15) is 0 Å². The van der Waals surface area contributed by atoms with Crippen LogP contribution in [0.25, 0.3) is 0 Å².